The molecule has 1 saturated carbocycles. The molecule has 1 aromatic carbocycles. The van der Waals surface area contributed by atoms with Crippen LogP contribution in [0.3, 0.4) is 0 Å². The zero-order valence-electron chi connectivity index (χ0n) is 14.0. The minimum absolute atomic E-state index is 0.156. The molecule has 0 aromatic heterocycles. The van der Waals surface area contributed by atoms with Crippen molar-refractivity contribution in [3.05, 3.63) is 29.8 Å². The van der Waals surface area contributed by atoms with E-state index in [1.165, 1.54) is 0 Å². The molecule has 24 heavy (non-hydrogen) atoms. The number of terminal acetylenes is 1. The molecule has 2 fully saturated rings. The highest BCUT2D eigenvalue weighted by Gasteiger charge is 2.43. The van der Waals surface area contributed by atoms with Gasteiger partial charge in [-0.25, -0.2) is 0 Å². The number of carbonyl (C=O) groups is 1. The fraction of sp³-hybridized carbons (Fsp3) is 0.526. The van der Waals surface area contributed by atoms with Crippen LogP contribution in [0.4, 0.5) is 5.69 Å². The smallest absolute Gasteiger partial charge is 0.248 e. The van der Waals surface area contributed by atoms with Gasteiger partial charge in [-0.3, -0.25) is 4.79 Å². The number of rotatable bonds is 3. The standard InChI is InChI=1S/C19H25N3O2/c1-2-15-4-3-5-17(14-15)21-19(8-6-16(20)7-9-19)18(23)22-10-12-24-13-11-22/h1,3-5,14,16,21H,6-13,20H2. The largest absolute Gasteiger partial charge is 0.378 e. The Labute approximate surface area is 143 Å². The van der Waals surface area contributed by atoms with Crippen LogP contribution in [0.1, 0.15) is 31.2 Å². The number of ether oxygens (including phenoxy) is 1. The van der Waals surface area contributed by atoms with Gasteiger partial charge in [0.1, 0.15) is 5.54 Å². The van der Waals surface area contributed by atoms with Gasteiger partial charge in [0.2, 0.25) is 5.91 Å². The molecule has 5 nitrogen and oxygen atoms in total. The maximum Gasteiger partial charge on any atom is 0.248 e. The van der Waals surface area contributed by atoms with E-state index in [9.17, 15) is 4.79 Å². The molecule has 0 radical (unpaired) electrons. The van der Waals surface area contributed by atoms with E-state index in [2.05, 4.69) is 11.2 Å². The second-order valence-electron chi connectivity index (χ2n) is 6.67. The van der Waals surface area contributed by atoms with Crippen LogP contribution < -0.4 is 11.1 Å². The molecule has 0 unspecified atom stereocenters. The number of nitrogens with zero attached hydrogens (tertiary/aromatic N) is 1. The van der Waals surface area contributed by atoms with E-state index in [4.69, 9.17) is 16.9 Å². The summed E-state index contributed by atoms with van der Waals surface area (Å²) in [6, 6.07) is 7.86. The fourth-order valence-electron chi connectivity index (χ4n) is 3.56. The maximum atomic E-state index is 13.3. The second-order valence-corrected chi connectivity index (χ2v) is 6.67. The number of amides is 1. The predicted octanol–water partition coefficient (Wildman–Crippen LogP) is 1.58. The van der Waals surface area contributed by atoms with Crippen molar-refractivity contribution in [2.24, 2.45) is 5.73 Å². The van der Waals surface area contributed by atoms with Gasteiger partial charge < -0.3 is 20.7 Å². The Kier molecular flexibility index (Phi) is 5.08. The molecule has 0 spiro atoms. The molecule has 0 atom stereocenters. The highest BCUT2D eigenvalue weighted by molar-refractivity contribution is 5.90. The Balaban J connectivity index is 1.84. The third kappa shape index (κ3) is 3.55. The minimum Gasteiger partial charge on any atom is -0.378 e. The molecule has 5 heteroatoms. The lowest BCUT2D eigenvalue weighted by atomic mass is 9.78. The zero-order valence-corrected chi connectivity index (χ0v) is 14.0. The summed E-state index contributed by atoms with van der Waals surface area (Å²) in [4.78, 5) is 15.2. The summed E-state index contributed by atoms with van der Waals surface area (Å²) in [7, 11) is 0. The van der Waals surface area contributed by atoms with E-state index in [0.29, 0.717) is 26.3 Å². The number of anilines is 1. The molecule has 2 aliphatic rings. The van der Waals surface area contributed by atoms with E-state index >= 15 is 0 Å². The van der Waals surface area contributed by atoms with Crippen molar-refractivity contribution in [2.75, 3.05) is 31.6 Å². The molecule has 1 saturated heterocycles. The van der Waals surface area contributed by atoms with Crippen molar-refractivity contribution in [3.8, 4) is 12.3 Å². The van der Waals surface area contributed by atoms with Crippen LogP contribution in [0.2, 0.25) is 0 Å². The van der Waals surface area contributed by atoms with Gasteiger partial charge in [-0.1, -0.05) is 12.0 Å². The van der Waals surface area contributed by atoms with Crippen molar-refractivity contribution >= 4 is 11.6 Å². The number of benzene rings is 1. The van der Waals surface area contributed by atoms with Gasteiger partial charge in [-0.05, 0) is 43.9 Å². The summed E-state index contributed by atoms with van der Waals surface area (Å²) >= 11 is 0. The number of hydrogen-bond acceptors (Lipinski definition) is 4. The summed E-state index contributed by atoms with van der Waals surface area (Å²) in [6.45, 7) is 2.51. The molecule has 1 heterocycles. The van der Waals surface area contributed by atoms with Crippen molar-refractivity contribution in [3.63, 3.8) is 0 Å². The first-order valence-electron chi connectivity index (χ1n) is 8.60. The Morgan fingerprint density at radius 3 is 2.71 bits per heavy atom. The molecule has 1 aromatic rings. The monoisotopic (exact) mass is 327 g/mol. The number of morpholine rings is 1. The third-order valence-corrected chi connectivity index (χ3v) is 5.00. The Morgan fingerprint density at radius 1 is 1.33 bits per heavy atom. The quantitative estimate of drug-likeness (QED) is 0.827. The lowest BCUT2D eigenvalue weighted by Crippen LogP contribution is -2.58. The normalized spacial score (nSPS) is 27.3. The van der Waals surface area contributed by atoms with Crippen LogP contribution in [0.5, 0.6) is 0 Å². The maximum absolute atomic E-state index is 13.3. The molecule has 0 bridgehead atoms. The van der Waals surface area contributed by atoms with Gasteiger partial charge in [-0.15, -0.1) is 6.42 Å². The van der Waals surface area contributed by atoms with Gasteiger partial charge in [-0.2, -0.15) is 0 Å². The molecule has 1 aliphatic carbocycles. The van der Waals surface area contributed by atoms with Crippen LogP contribution in [0.25, 0.3) is 0 Å². The summed E-state index contributed by atoms with van der Waals surface area (Å²) < 4.78 is 5.38. The van der Waals surface area contributed by atoms with Gasteiger partial charge in [0, 0.05) is 30.4 Å². The molecule has 1 amide bonds. The van der Waals surface area contributed by atoms with Crippen LogP contribution in [0.15, 0.2) is 24.3 Å². The summed E-state index contributed by atoms with van der Waals surface area (Å²) in [6.07, 6.45) is 8.67. The number of hydrogen-bond donors (Lipinski definition) is 2. The van der Waals surface area contributed by atoms with Crippen LogP contribution >= 0.6 is 0 Å². The summed E-state index contributed by atoms with van der Waals surface area (Å²) in [5, 5.41) is 3.50. The van der Waals surface area contributed by atoms with Crippen molar-refractivity contribution in [1.29, 1.82) is 0 Å². The van der Waals surface area contributed by atoms with E-state index < -0.39 is 5.54 Å². The van der Waals surface area contributed by atoms with Crippen LogP contribution in [-0.2, 0) is 9.53 Å². The molecule has 128 valence electrons. The first-order chi connectivity index (χ1) is 11.6. The molecular formula is C19H25N3O2. The molecule has 3 rings (SSSR count). The third-order valence-electron chi connectivity index (χ3n) is 5.00. The fourth-order valence-corrected chi connectivity index (χ4v) is 3.56. The average molecular weight is 327 g/mol. The van der Waals surface area contributed by atoms with Gasteiger partial charge in [0.25, 0.3) is 0 Å². The van der Waals surface area contributed by atoms with E-state index in [-0.39, 0.29) is 11.9 Å². The van der Waals surface area contributed by atoms with Crippen molar-refractivity contribution < 1.29 is 9.53 Å². The number of nitrogens with one attached hydrogen (secondary N) is 1. The first-order valence-corrected chi connectivity index (χ1v) is 8.60. The SMILES string of the molecule is C#Cc1cccc(NC2(C(=O)N3CCOCC3)CCC(N)CC2)c1. The molecule has 3 N–H and O–H groups in total. The second kappa shape index (κ2) is 7.25. The van der Waals surface area contributed by atoms with Crippen molar-refractivity contribution in [2.45, 2.75) is 37.3 Å². The van der Waals surface area contributed by atoms with Crippen molar-refractivity contribution in [1.82, 2.24) is 4.90 Å². The topological polar surface area (TPSA) is 67.6 Å². The van der Waals surface area contributed by atoms with E-state index in [1.54, 1.807) is 0 Å². The summed E-state index contributed by atoms with van der Waals surface area (Å²) in [5.41, 5.74) is 7.18. The van der Waals surface area contributed by atoms with Gasteiger partial charge in [0.15, 0.2) is 0 Å². The number of carbonyl (C=O) groups excluding carboxylic acids is 1. The minimum atomic E-state index is -0.597. The molecular weight excluding hydrogens is 302 g/mol. The van der Waals surface area contributed by atoms with Gasteiger partial charge in [0.05, 0.1) is 13.2 Å². The van der Waals surface area contributed by atoms with E-state index in [1.807, 2.05) is 29.2 Å². The highest BCUT2D eigenvalue weighted by atomic mass is 16.5. The predicted molar refractivity (Wildman–Crippen MR) is 94.6 cm³/mol. The van der Waals surface area contributed by atoms with Gasteiger partial charge >= 0.3 is 0 Å². The van der Waals surface area contributed by atoms with Crippen LogP contribution in [0, 0.1) is 12.3 Å². The van der Waals surface area contributed by atoms with Crippen LogP contribution in [-0.4, -0.2) is 48.7 Å². The number of nitrogens with two attached hydrogens (primary N) is 1. The zero-order chi connectivity index (χ0) is 17.0. The lowest BCUT2D eigenvalue weighted by Gasteiger charge is -2.43. The molecule has 1 aliphatic heterocycles. The lowest BCUT2D eigenvalue weighted by molar-refractivity contribution is -0.141. The summed E-state index contributed by atoms with van der Waals surface area (Å²) in [5.74, 6) is 2.80. The Bertz CT molecular complexity index is 624. The van der Waals surface area contributed by atoms with E-state index in [0.717, 1.165) is 36.9 Å². The average Bonchev–Trinajstić information content (AvgIpc) is 2.64. The Morgan fingerprint density at radius 2 is 2.04 bits per heavy atom. The highest BCUT2D eigenvalue weighted by Crippen LogP contribution is 2.33. The Hall–Kier alpha value is -2.03. The first kappa shape index (κ1) is 16.8.